The van der Waals surface area contributed by atoms with Gasteiger partial charge in [-0.15, -0.1) is 0 Å². The molecule has 0 radical (unpaired) electrons. The quantitative estimate of drug-likeness (QED) is 0.433. The first kappa shape index (κ1) is 20.2. The Kier molecular flexibility index (Phi) is 5.71. The third-order valence-electron chi connectivity index (χ3n) is 4.80. The maximum Gasteiger partial charge on any atom is 0.375 e. The molecule has 0 saturated carbocycles. The number of para-hydroxylation sites is 1. The summed E-state index contributed by atoms with van der Waals surface area (Å²) in [7, 11) is 1.52. The number of methoxy groups -OCH3 is 1. The van der Waals surface area contributed by atoms with E-state index >= 15 is 0 Å². The topological polar surface area (TPSA) is 77.8 Å². The molecule has 1 aromatic heterocycles. The van der Waals surface area contributed by atoms with Crippen LogP contribution in [0.25, 0.3) is 11.0 Å². The zero-order valence-corrected chi connectivity index (χ0v) is 17.1. The molecule has 6 nitrogen and oxygen atoms in total. The zero-order chi connectivity index (χ0) is 21.8. The fraction of sp³-hybridized carbons (Fsp3) is 0.120. The Morgan fingerprint density at radius 3 is 2.42 bits per heavy atom. The fourth-order valence-corrected chi connectivity index (χ4v) is 3.27. The number of hydrogen-bond acceptors (Lipinski definition) is 5. The molecule has 4 aromatic rings. The molecular formula is C25H21NO5. The third-order valence-corrected chi connectivity index (χ3v) is 4.80. The summed E-state index contributed by atoms with van der Waals surface area (Å²) in [5.41, 5.74) is 2.55. The normalized spacial score (nSPS) is 11.7. The Hall–Kier alpha value is -4.06. The van der Waals surface area contributed by atoms with E-state index in [2.05, 4.69) is 5.32 Å². The summed E-state index contributed by atoms with van der Waals surface area (Å²) in [6.45, 7) is 1.91. The zero-order valence-electron chi connectivity index (χ0n) is 17.1. The second-order valence-corrected chi connectivity index (χ2v) is 7.04. The van der Waals surface area contributed by atoms with Gasteiger partial charge in [0.2, 0.25) is 11.9 Å². The van der Waals surface area contributed by atoms with E-state index in [1.807, 2.05) is 37.3 Å². The lowest BCUT2D eigenvalue weighted by molar-refractivity contribution is -0.125. The van der Waals surface area contributed by atoms with Gasteiger partial charge in [0, 0.05) is 10.9 Å². The van der Waals surface area contributed by atoms with Gasteiger partial charge in [0.15, 0.2) is 0 Å². The average molecular weight is 415 g/mol. The van der Waals surface area contributed by atoms with Crippen LogP contribution in [-0.2, 0) is 9.53 Å². The Bertz CT molecular complexity index is 1200. The van der Waals surface area contributed by atoms with Crippen molar-refractivity contribution >= 4 is 28.5 Å². The van der Waals surface area contributed by atoms with Crippen LogP contribution in [0.3, 0.4) is 0 Å². The average Bonchev–Trinajstić information content (AvgIpc) is 3.22. The number of carbonyl (C=O) groups excluding carboxylic acids is 2. The minimum Gasteiger partial charge on any atom is -0.495 e. The Balaban J connectivity index is 1.62. The summed E-state index contributed by atoms with van der Waals surface area (Å²) in [5, 5.41) is 3.59. The smallest absolute Gasteiger partial charge is 0.375 e. The molecule has 156 valence electrons. The van der Waals surface area contributed by atoms with E-state index in [1.54, 1.807) is 48.5 Å². The van der Waals surface area contributed by atoms with Crippen LogP contribution >= 0.6 is 0 Å². The van der Waals surface area contributed by atoms with Crippen molar-refractivity contribution in [2.45, 2.75) is 13.0 Å². The second-order valence-electron chi connectivity index (χ2n) is 7.04. The number of ether oxygens (including phenoxy) is 2. The fourth-order valence-electron chi connectivity index (χ4n) is 3.27. The number of aryl methyl sites for hydroxylation is 1. The van der Waals surface area contributed by atoms with Gasteiger partial charge in [-0.2, -0.15) is 0 Å². The van der Waals surface area contributed by atoms with E-state index in [9.17, 15) is 9.59 Å². The van der Waals surface area contributed by atoms with Gasteiger partial charge in [0.05, 0.1) is 12.8 Å². The van der Waals surface area contributed by atoms with Crippen LogP contribution < -0.4 is 10.1 Å². The van der Waals surface area contributed by atoms with Gasteiger partial charge in [-0.05, 0) is 36.8 Å². The monoisotopic (exact) mass is 415 g/mol. The molecule has 6 heteroatoms. The minimum atomic E-state index is -1.17. The van der Waals surface area contributed by atoms with Crippen molar-refractivity contribution in [2.75, 3.05) is 12.4 Å². The number of hydrogen-bond donors (Lipinski definition) is 1. The maximum atomic E-state index is 13.2. The molecule has 1 atom stereocenters. The number of carbonyl (C=O) groups is 2. The molecule has 0 fully saturated rings. The van der Waals surface area contributed by atoms with Crippen LogP contribution in [0.4, 0.5) is 5.69 Å². The summed E-state index contributed by atoms with van der Waals surface area (Å²) in [4.78, 5) is 26.0. The highest BCUT2D eigenvalue weighted by atomic mass is 16.6. The van der Waals surface area contributed by atoms with Crippen LogP contribution in [0.2, 0.25) is 0 Å². The summed E-state index contributed by atoms with van der Waals surface area (Å²) in [5.74, 6) is -0.687. The lowest BCUT2D eigenvalue weighted by Crippen LogP contribution is -2.26. The predicted molar refractivity (Wildman–Crippen MR) is 117 cm³/mol. The molecule has 0 aliphatic heterocycles. The van der Waals surface area contributed by atoms with E-state index in [0.717, 1.165) is 10.9 Å². The van der Waals surface area contributed by atoms with Crippen LogP contribution in [0.15, 0.2) is 83.3 Å². The molecule has 1 amide bonds. The van der Waals surface area contributed by atoms with E-state index in [-0.39, 0.29) is 5.76 Å². The number of benzene rings is 3. The molecule has 1 heterocycles. The van der Waals surface area contributed by atoms with Crippen molar-refractivity contribution in [2.24, 2.45) is 0 Å². The van der Waals surface area contributed by atoms with Gasteiger partial charge >= 0.3 is 5.97 Å². The number of amides is 1. The van der Waals surface area contributed by atoms with Gasteiger partial charge in [-0.25, -0.2) is 4.79 Å². The number of nitrogens with one attached hydrogen (secondary N) is 1. The van der Waals surface area contributed by atoms with Gasteiger partial charge in [-0.3, -0.25) is 4.79 Å². The van der Waals surface area contributed by atoms with E-state index < -0.39 is 18.0 Å². The van der Waals surface area contributed by atoms with Crippen LogP contribution in [0.5, 0.6) is 5.75 Å². The second kappa shape index (κ2) is 8.75. The molecule has 0 aliphatic rings. The van der Waals surface area contributed by atoms with Gasteiger partial charge < -0.3 is 19.2 Å². The summed E-state index contributed by atoms with van der Waals surface area (Å²) in [6.07, 6.45) is -1.17. The molecule has 31 heavy (non-hydrogen) atoms. The van der Waals surface area contributed by atoms with Crippen molar-refractivity contribution in [3.05, 3.63) is 95.7 Å². The number of esters is 1. The third kappa shape index (κ3) is 4.43. The Morgan fingerprint density at radius 2 is 1.68 bits per heavy atom. The summed E-state index contributed by atoms with van der Waals surface area (Å²) < 4.78 is 16.5. The van der Waals surface area contributed by atoms with Crippen molar-refractivity contribution in [3.63, 3.8) is 0 Å². The van der Waals surface area contributed by atoms with Gasteiger partial charge in [0.1, 0.15) is 11.3 Å². The standard InChI is InChI=1S/C25H21NO5/c1-16-12-13-21(29-2)19(14-16)26-24(27)23(17-8-4-3-5-9-17)31-25(28)22-15-18-10-6-7-11-20(18)30-22/h3-15,23H,1-2H3,(H,26,27). The van der Waals surface area contributed by atoms with E-state index in [1.165, 1.54) is 7.11 Å². The predicted octanol–water partition coefficient (Wildman–Crippen LogP) is 5.29. The van der Waals surface area contributed by atoms with Crippen LogP contribution in [0, 0.1) is 6.92 Å². The van der Waals surface area contributed by atoms with Crippen molar-refractivity contribution < 1.29 is 23.5 Å². The van der Waals surface area contributed by atoms with Gasteiger partial charge in [-0.1, -0.05) is 54.6 Å². The minimum absolute atomic E-state index is 0.0306. The highest BCUT2D eigenvalue weighted by molar-refractivity contribution is 5.99. The molecule has 0 saturated heterocycles. The molecule has 0 spiro atoms. The Labute approximate surface area is 179 Å². The number of fused-ring (bicyclic) bond motifs is 1. The number of furan rings is 1. The molecule has 0 bridgehead atoms. The van der Waals surface area contributed by atoms with E-state index in [4.69, 9.17) is 13.9 Å². The molecule has 1 unspecified atom stereocenters. The lowest BCUT2D eigenvalue weighted by atomic mass is 10.1. The van der Waals surface area contributed by atoms with Crippen LogP contribution in [-0.4, -0.2) is 19.0 Å². The highest BCUT2D eigenvalue weighted by Gasteiger charge is 2.28. The first-order chi connectivity index (χ1) is 15.0. The largest absolute Gasteiger partial charge is 0.495 e. The summed E-state index contributed by atoms with van der Waals surface area (Å²) >= 11 is 0. The number of anilines is 1. The molecular weight excluding hydrogens is 394 g/mol. The number of rotatable bonds is 6. The lowest BCUT2D eigenvalue weighted by Gasteiger charge is -2.18. The van der Waals surface area contributed by atoms with Crippen molar-refractivity contribution in [3.8, 4) is 5.75 Å². The van der Waals surface area contributed by atoms with Crippen molar-refractivity contribution in [1.82, 2.24) is 0 Å². The van der Waals surface area contributed by atoms with Gasteiger partial charge in [0.25, 0.3) is 5.91 Å². The molecule has 0 aliphatic carbocycles. The molecule has 4 rings (SSSR count). The highest BCUT2D eigenvalue weighted by Crippen LogP contribution is 2.29. The Morgan fingerprint density at radius 1 is 0.935 bits per heavy atom. The maximum absolute atomic E-state index is 13.2. The summed E-state index contributed by atoms with van der Waals surface area (Å²) in [6, 6.07) is 23.1. The van der Waals surface area contributed by atoms with Crippen LogP contribution in [0.1, 0.15) is 27.8 Å². The van der Waals surface area contributed by atoms with Crippen molar-refractivity contribution in [1.29, 1.82) is 0 Å². The van der Waals surface area contributed by atoms with E-state index in [0.29, 0.717) is 22.6 Å². The first-order valence-electron chi connectivity index (χ1n) is 9.75. The first-order valence-corrected chi connectivity index (χ1v) is 9.75. The molecule has 3 aromatic carbocycles. The molecule has 1 N–H and O–H groups in total. The SMILES string of the molecule is COc1ccc(C)cc1NC(=O)C(OC(=O)c1cc2ccccc2o1)c1ccccc1.